The zero-order valence-corrected chi connectivity index (χ0v) is 11.0. The van der Waals surface area contributed by atoms with Crippen LogP contribution in [0.5, 0.6) is 5.75 Å². The number of hydrogen-bond donors (Lipinski definition) is 2. The fraction of sp³-hybridized carbons (Fsp3) is 0.357. The summed E-state index contributed by atoms with van der Waals surface area (Å²) in [7, 11) is 1.69. The molecule has 4 nitrogen and oxygen atoms in total. The number of H-pyrrole nitrogens is 1. The number of nitrogens with zero attached hydrogens (tertiary/aromatic N) is 1. The van der Waals surface area contributed by atoms with Crippen LogP contribution in [0.1, 0.15) is 29.8 Å². The average molecular weight is 245 g/mol. The second-order valence-electron chi connectivity index (χ2n) is 4.23. The van der Waals surface area contributed by atoms with Crippen LogP contribution in [0.2, 0.25) is 0 Å². The van der Waals surface area contributed by atoms with Crippen LogP contribution in [0.4, 0.5) is 0 Å². The number of nitrogens with one attached hydrogen (secondary N) is 2. The van der Waals surface area contributed by atoms with Gasteiger partial charge >= 0.3 is 0 Å². The second-order valence-corrected chi connectivity index (χ2v) is 4.23. The summed E-state index contributed by atoms with van der Waals surface area (Å²) in [5, 5.41) is 10.5. The maximum absolute atomic E-state index is 5.29. The summed E-state index contributed by atoms with van der Waals surface area (Å²) >= 11 is 0. The normalized spacial score (nSPS) is 12.4. The Labute approximate surface area is 107 Å². The largest absolute Gasteiger partial charge is 0.496 e. The van der Waals surface area contributed by atoms with Gasteiger partial charge in [-0.25, -0.2) is 0 Å². The minimum Gasteiger partial charge on any atom is -0.496 e. The molecular formula is C14H19N3O. The van der Waals surface area contributed by atoms with Gasteiger partial charge < -0.3 is 10.1 Å². The fourth-order valence-electron chi connectivity index (χ4n) is 2.12. The molecule has 2 rings (SSSR count). The third-order valence-corrected chi connectivity index (χ3v) is 2.99. The van der Waals surface area contributed by atoms with Crippen LogP contribution in [0, 0.1) is 6.92 Å². The Bertz CT molecular complexity index is 494. The molecular weight excluding hydrogens is 226 g/mol. The van der Waals surface area contributed by atoms with Crippen molar-refractivity contribution < 1.29 is 4.74 Å². The highest BCUT2D eigenvalue weighted by Crippen LogP contribution is 2.25. The number of aromatic amines is 1. The first-order valence-corrected chi connectivity index (χ1v) is 6.13. The number of methoxy groups -OCH3 is 1. The van der Waals surface area contributed by atoms with Crippen LogP contribution in [0.25, 0.3) is 0 Å². The summed E-state index contributed by atoms with van der Waals surface area (Å²) in [5.74, 6) is 0.915. The van der Waals surface area contributed by atoms with E-state index in [1.54, 1.807) is 13.3 Å². The number of benzene rings is 1. The third kappa shape index (κ3) is 2.54. The summed E-state index contributed by atoms with van der Waals surface area (Å²) in [4.78, 5) is 0. The molecule has 0 spiro atoms. The van der Waals surface area contributed by atoms with Crippen LogP contribution in [0.15, 0.2) is 30.5 Å². The minimum atomic E-state index is 0.141. The molecule has 2 aromatic rings. The Balaban J connectivity index is 2.34. The molecule has 0 fully saturated rings. The molecule has 1 atom stereocenters. The maximum atomic E-state index is 5.29. The van der Waals surface area contributed by atoms with Gasteiger partial charge in [0.25, 0.3) is 0 Å². The quantitative estimate of drug-likeness (QED) is 0.850. The van der Waals surface area contributed by atoms with Crippen molar-refractivity contribution in [2.24, 2.45) is 0 Å². The predicted octanol–water partition coefficient (Wildman–Crippen LogP) is 2.43. The Kier molecular flexibility index (Phi) is 3.99. The van der Waals surface area contributed by atoms with Gasteiger partial charge in [0.1, 0.15) is 5.75 Å². The summed E-state index contributed by atoms with van der Waals surface area (Å²) < 4.78 is 5.29. The van der Waals surface area contributed by atoms with Gasteiger partial charge in [-0.05, 0) is 36.7 Å². The van der Waals surface area contributed by atoms with Crippen LogP contribution in [-0.4, -0.2) is 23.9 Å². The van der Waals surface area contributed by atoms with Crippen molar-refractivity contribution in [1.82, 2.24) is 15.5 Å². The maximum Gasteiger partial charge on any atom is 0.121 e. The van der Waals surface area contributed by atoms with Gasteiger partial charge in [-0.3, -0.25) is 5.10 Å². The lowest BCUT2D eigenvalue weighted by molar-refractivity contribution is 0.411. The molecule has 1 unspecified atom stereocenters. The molecule has 0 radical (unpaired) electrons. The van der Waals surface area contributed by atoms with E-state index < -0.39 is 0 Å². The highest BCUT2D eigenvalue weighted by molar-refractivity contribution is 5.39. The van der Waals surface area contributed by atoms with Crippen molar-refractivity contribution in [3.05, 3.63) is 47.3 Å². The van der Waals surface area contributed by atoms with Gasteiger partial charge in [0.05, 0.1) is 18.8 Å². The summed E-state index contributed by atoms with van der Waals surface area (Å²) in [6, 6.07) is 8.37. The topological polar surface area (TPSA) is 49.9 Å². The Morgan fingerprint density at radius 1 is 1.39 bits per heavy atom. The first kappa shape index (κ1) is 12.6. The van der Waals surface area contributed by atoms with Crippen molar-refractivity contribution >= 4 is 0 Å². The Hall–Kier alpha value is -1.81. The second kappa shape index (κ2) is 5.69. The zero-order valence-electron chi connectivity index (χ0n) is 11.0. The lowest BCUT2D eigenvalue weighted by Gasteiger charge is -2.18. The molecule has 2 N–H and O–H groups in total. The van der Waals surface area contributed by atoms with Crippen LogP contribution in [0.3, 0.4) is 0 Å². The monoisotopic (exact) mass is 245 g/mol. The third-order valence-electron chi connectivity index (χ3n) is 2.99. The van der Waals surface area contributed by atoms with Gasteiger partial charge in [0.15, 0.2) is 0 Å². The van der Waals surface area contributed by atoms with Gasteiger partial charge in [0, 0.05) is 6.20 Å². The van der Waals surface area contributed by atoms with E-state index in [2.05, 4.69) is 41.5 Å². The molecule has 0 aliphatic rings. The summed E-state index contributed by atoms with van der Waals surface area (Å²) in [5.41, 5.74) is 3.42. The molecule has 0 bridgehead atoms. The van der Waals surface area contributed by atoms with Crippen LogP contribution >= 0.6 is 0 Å². The molecule has 0 saturated carbocycles. The molecule has 1 aromatic heterocycles. The fourth-order valence-corrected chi connectivity index (χ4v) is 2.12. The molecule has 0 aliphatic heterocycles. The first-order valence-electron chi connectivity index (χ1n) is 6.13. The SMILES string of the molecule is CCNC(c1ccc(OC)c(C)c1)c1ccn[nH]1. The number of ether oxygens (including phenoxy) is 1. The molecule has 1 heterocycles. The van der Waals surface area contributed by atoms with E-state index in [1.165, 1.54) is 5.56 Å². The van der Waals surface area contributed by atoms with E-state index in [9.17, 15) is 0 Å². The number of aryl methyl sites for hydroxylation is 1. The highest BCUT2D eigenvalue weighted by Gasteiger charge is 2.15. The van der Waals surface area contributed by atoms with E-state index in [0.29, 0.717) is 0 Å². The standard InChI is InChI=1S/C14H19N3O/c1-4-15-14(12-7-8-16-17-12)11-5-6-13(18-3)10(2)9-11/h5-9,14-15H,4H2,1-3H3,(H,16,17). The molecule has 4 heteroatoms. The average Bonchev–Trinajstić information content (AvgIpc) is 2.89. The molecule has 96 valence electrons. The van der Waals surface area contributed by atoms with Crippen molar-refractivity contribution in [3.8, 4) is 5.75 Å². The van der Waals surface area contributed by atoms with Gasteiger partial charge in [0.2, 0.25) is 0 Å². The summed E-state index contributed by atoms with van der Waals surface area (Å²) in [6.45, 7) is 5.05. The van der Waals surface area contributed by atoms with Crippen molar-refractivity contribution in [2.45, 2.75) is 19.9 Å². The summed E-state index contributed by atoms with van der Waals surface area (Å²) in [6.07, 6.45) is 1.77. The Morgan fingerprint density at radius 2 is 2.22 bits per heavy atom. The van der Waals surface area contributed by atoms with Crippen LogP contribution < -0.4 is 10.1 Å². The number of aromatic nitrogens is 2. The molecule has 0 saturated heterocycles. The minimum absolute atomic E-state index is 0.141. The van der Waals surface area contributed by atoms with Gasteiger partial charge in [-0.15, -0.1) is 0 Å². The van der Waals surface area contributed by atoms with E-state index in [0.717, 1.165) is 23.6 Å². The van der Waals surface area contributed by atoms with Crippen molar-refractivity contribution in [3.63, 3.8) is 0 Å². The molecule has 0 aliphatic carbocycles. The smallest absolute Gasteiger partial charge is 0.121 e. The Morgan fingerprint density at radius 3 is 2.78 bits per heavy atom. The van der Waals surface area contributed by atoms with Gasteiger partial charge in [-0.1, -0.05) is 19.1 Å². The molecule has 0 amide bonds. The van der Waals surface area contributed by atoms with E-state index in [1.807, 2.05) is 12.1 Å². The van der Waals surface area contributed by atoms with Crippen molar-refractivity contribution in [1.29, 1.82) is 0 Å². The molecule has 18 heavy (non-hydrogen) atoms. The zero-order chi connectivity index (χ0) is 13.0. The van der Waals surface area contributed by atoms with Crippen LogP contribution in [-0.2, 0) is 0 Å². The molecule has 1 aromatic carbocycles. The lowest BCUT2D eigenvalue weighted by Crippen LogP contribution is -2.22. The van der Waals surface area contributed by atoms with E-state index >= 15 is 0 Å². The predicted molar refractivity (Wildman–Crippen MR) is 71.8 cm³/mol. The van der Waals surface area contributed by atoms with E-state index in [4.69, 9.17) is 4.74 Å². The lowest BCUT2D eigenvalue weighted by atomic mass is 10.0. The number of hydrogen-bond acceptors (Lipinski definition) is 3. The highest BCUT2D eigenvalue weighted by atomic mass is 16.5. The number of rotatable bonds is 5. The van der Waals surface area contributed by atoms with Gasteiger partial charge in [-0.2, -0.15) is 5.10 Å². The van der Waals surface area contributed by atoms with Crippen molar-refractivity contribution in [2.75, 3.05) is 13.7 Å². The first-order chi connectivity index (χ1) is 8.76. The van der Waals surface area contributed by atoms with E-state index in [-0.39, 0.29) is 6.04 Å².